The fourth-order valence-corrected chi connectivity index (χ4v) is 2.22. The normalized spacial score (nSPS) is 10.5. The number of thioether (sulfide) groups is 1. The highest BCUT2D eigenvalue weighted by atomic mass is 32.2. The fraction of sp³-hybridized carbons (Fsp3) is 0.400. The lowest BCUT2D eigenvalue weighted by molar-refractivity contribution is 0.781. The van der Waals surface area contributed by atoms with Crippen molar-refractivity contribution in [1.82, 2.24) is 15.6 Å². The molecular weight excluding hydrogens is 282 g/mol. The second-order valence-electron chi connectivity index (χ2n) is 4.08. The monoisotopic (exact) mass is 301 g/mol. The summed E-state index contributed by atoms with van der Waals surface area (Å²) in [5.41, 5.74) is 1.06. The molecule has 0 atom stereocenters. The lowest BCUT2D eigenvalue weighted by Gasteiger charge is -2.06. The lowest BCUT2D eigenvalue weighted by atomic mass is 10.3. The van der Waals surface area contributed by atoms with Crippen LogP contribution in [0.4, 0.5) is 0 Å². The maximum Gasteiger partial charge on any atom is 0.204 e. The molecule has 0 aromatic carbocycles. The van der Waals surface area contributed by atoms with Crippen LogP contribution in [0.25, 0.3) is 0 Å². The molecule has 0 amide bonds. The smallest absolute Gasteiger partial charge is 0.204 e. The molecule has 0 spiro atoms. The SMILES string of the molecule is C#CCCCN/C(=N/CCSCc1ccccn1)NC#N. The van der Waals surface area contributed by atoms with E-state index in [1.807, 2.05) is 24.4 Å². The van der Waals surface area contributed by atoms with Crippen LogP contribution < -0.4 is 10.6 Å². The Kier molecular flexibility index (Phi) is 9.34. The second kappa shape index (κ2) is 11.6. The van der Waals surface area contributed by atoms with Crippen molar-refractivity contribution in [3.63, 3.8) is 0 Å². The Balaban J connectivity index is 2.21. The predicted molar refractivity (Wildman–Crippen MR) is 87.5 cm³/mol. The van der Waals surface area contributed by atoms with Crippen LogP contribution in [0.1, 0.15) is 18.5 Å². The standard InChI is InChI=1S/C15H19N5S/c1-2-3-5-9-18-15(20-13-16)19-10-11-21-12-14-7-4-6-8-17-14/h1,4,6-8H,3,5,9-12H2,(H2,18,19,20). The van der Waals surface area contributed by atoms with Crippen LogP contribution in [0.5, 0.6) is 0 Å². The van der Waals surface area contributed by atoms with Gasteiger partial charge in [0.25, 0.3) is 0 Å². The number of hydrogen-bond donors (Lipinski definition) is 2. The molecule has 1 rings (SSSR count). The van der Waals surface area contributed by atoms with Crippen molar-refractivity contribution < 1.29 is 0 Å². The number of nitriles is 1. The summed E-state index contributed by atoms with van der Waals surface area (Å²) in [6, 6.07) is 5.90. The summed E-state index contributed by atoms with van der Waals surface area (Å²) in [4.78, 5) is 8.58. The molecule has 5 nitrogen and oxygen atoms in total. The van der Waals surface area contributed by atoms with Gasteiger partial charge in [-0.2, -0.15) is 17.0 Å². The van der Waals surface area contributed by atoms with Gasteiger partial charge in [0.05, 0.1) is 12.2 Å². The third kappa shape index (κ3) is 8.56. The van der Waals surface area contributed by atoms with Crippen LogP contribution in [0.3, 0.4) is 0 Å². The zero-order valence-corrected chi connectivity index (χ0v) is 12.7. The first-order valence-electron chi connectivity index (χ1n) is 6.71. The molecule has 1 aromatic rings. The number of aliphatic imine (C=N–C) groups is 1. The van der Waals surface area contributed by atoms with Crippen molar-refractivity contribution in [2.75, 3.05) is 18.8 Å². The maximum absolute atomic E-state index is 8.66. The summed E-state index contributed by atoms with van der Waals surface area (Å²) in [7, 11) is 0. The molecule has 2 N–H and O–H groups in total. The van der Waals surface area contributed by atoms with Gasteiger partial charge in [0, 0.05) is 30.7 Å². The average Bonchev–Trinajstić information content (AvgIpc) is 2.52. The molecule has 21 heavy (non-hydrogen) atoms. The number of terminal acetylenes is 1. The Morgan fingerprint density at radius 2 is 2.38 bits per heavy atom. The molecule has 0 radical (unpaired) electrons. The van der Waals surface area contributed by atoms with E-state index in [1.54, 1.807) is 18.0 Å². The molecular formula is C15H19N5S. The summed E-state index contributed by atoms with van der Waals surface area (Å²) in [5.74, 6) is 4.82. The number of unbranched alkanes of at least 4 members (excludes halogenated alkanes) is 1. The molecule has 110 valence electrons. The first-order chi connectivity index (χ1) is 10.4. The molecule has 0 bridgehead atoms. The largest absolute Gasteiger partial charge is 0.356 e. The van der Waals surface area contributed by atoms with Gasteiger partial charge in [-0.1, -0.05) is 6.07 Å². The molecule has 0 saturated heterocycles. The highest BCUT2D eigenvalue weighted by molar-refractivity contribution is 7.98. The fourth-order valence-electron chi connectivity index (χ4n) is 1.47. The molecule has 0 aliphatic rings. The van der Waals surface area contributed by atoms with Gasteiger partial charge < -0.3 is 5.32 Å². The van der Waals surface area contributed by atoms with E-state index >= 15 is 0 Å². The Bertz CT molecular complexity index is 501. The Labute approximate surface area is 130 Å². The number of hydrogen-bond acceptors (Lipinski definition) is 4. The van der Waals surface area contributed by atoms with E-state index in [4.69, 9.17) is 11.7 Å². The second-order valence-corrected chi connectivity index (χ2v) is 5.18. The molecule has 6 heteroatoms. The number of guanidine groups is 1. The van der Waals surface area contributed by atoms with Gasteiger partial charge >= 0.3 is 0 Å². The van der Waals surface area contributed by atoms with Crippen LogP contribution in [-0.2, 0) is 5.75 Å². The van der Waals surface area contributed by atoms with E-state index in [0.29, 0.717) is 25.5 Å². The van der Waals surface area contributed by atoms with Crippen LogP contribution in [0, 0.1) is 23.8 Å². The van der Waals surface area contributed by atoms with Gasteiger partial charge in [-0.25, -0.2) is 0 Å². The number of aromatic nitrogens is 1. The first kappa shape index (κ1) is 16.9. The van der Waals surface area contributed by atoms with Gasteiger partial charge in [-0.05, 0) is 18.6 Å². The number of pyridine rings is 1. The Hall–Kier alpha value is -2.18. The van der Waals surface area contributed by atoms with E-state index < -0.39 is 0 Å². The molecule has 0 aliphatic heterocycles. The maximum atomic E-state index is 8.66. The molecule has 0 fully saturated rings. The topological polar surface area (TPSA) is 73.1 Å². The summed E-state index contributed by atoms with van der Waals surface area (Å²) < 4.78 is 0. The molecule has 0 unspecified atom stereocenters. The van der Waals surface area contributed by atoms with Crippen LogP contribution in [0.2, 0.25) is 0 Å². The van der Waals surface area contributed by atoms with Crippen LogP contribution >= 0.6 is 11.8 Å². The van der Waals surface area contributed by atoms with Gasteiger partial charge in [0.2, 0.25) is 5.96 Å². The van der Waals surface area contributed by atoms with Gasteiger partial charge in [-0.3, -0.25) is 15.3 Å². The third-order valence-electron chi connectivity index (χ3n) is 2.45. The summed E-state index contributed by atoms with van der Waals surface area (Å²) in [5, 5.41) is 14.3. The van der Waals surface area contributed by atoms with Gasteiger partial charge in [-0.15, -0.1) is 12.3 Å². The summed E-state index contributed by atoms with van der Waals surface area (Å²) in [6.45, 7) is 1.35. The minimum absolute atomic E-state index is 0.507. The van der Waals surface area contributed by atoms with Gasteiger partial charge in [0.15, 0.2) is 6.19 Å². The van der Waals surface area contributed by atoms with Crippen molar-refractivity contribution in [2.45, 2.75) is 18.6 Å². The van der Waals surface area contributed by atoms with E-state index in [1.165, 1.54) is 0 Å². The van der Waals surface area contributed by atoms with Crippen molar-refractivity contribution in [2.24, 2.45) is 4.99 Å². The molecule has 1 heterocycles. The highest BCUT2D eigenvalue weighted by Crippen LogP contribution is 2.08. The number of nitrogens with one attached hydrogen (secondary N) is 2. The van der Waals surface area contributed by atoms with Crippen molar-refractivity contribution in [3.05, 3.63) is 30.1 Å². The van der Waals surface area contributed by atoms with E-state index in [2.05, 4.69) is 26.5 Å². The van der Waals surface area contributed by atoms with E-state index in [0.717, 1.165) is 23.6 Å². The Morgan fingerprint density at radius 1 is 1.48 bits per heavy atom. The summed E-state index contributed by atoms with van der Waals surface area (Å²) in [6.07, 6.45) is 10.4. The first-order valence-corrected chi connectivity index (χ1v) is 7.87. The Morgan fingerprint density at radius 3 is 3.10 bits per heavy atom. The van der Waals surface area contributed by atoms with Crippen LogP contribution in [0.15, 0.2) is 29.4 Å². The zero-order chi connectivity index (χ0) is 15.2. The van der Waals surface area contributed by atoms with Crippen molar-refractivity contribution in [3.8, 4) is 18.5 Å². The quantitative estimate of drug-likeness (QED) is 0.191. The molecule has 1 aromatic heterocycles. The van der Waals surface area contributed by atoms with Crippen molar-refractivity contribution >= 4 is 17.7 Å². The molecule has 0 saturated carbocycles. The average molecular weight is 301 g/mol. The minimum atomic E-state index is 0.507. The van der Waals surface area contributed by atoms with E-state index in [9.17, 15) is 0 Å². The lowest BCUT2D eigenvalue weighted by Crippen LogP contribution is -2.35. The molecule has 0 aliphatic carbocycles. The van der Waals surface area contributed by atoms with Crippen molar-refractivity contribution in [1.29, 1.82) is 5.26 Å². The zero-order valence-electron chi connectivity index (χ0n) is 11.9. The number of rotatable bonds is 8. The number of nitrogens with zero attached hydrogens (tertiary/aromatic N) is 3. The highest BCUT2D eigenvalue weighted by Gasteiger charge is 1.97. The predicted octanol–water partition coefficient (Wildman–Crippen LogP) is 1.74. The van der Waals surface area contributed by atoms with Gasteiger partial charge in [0.1, 0.15) is 0 Å². The van der Waals surface area contributed by atoms with E-state index in [-0.39, 0.29) is 0 Å². The third-order valence-corrected chi connectivity index (χ3v) is 3.42. The van der Waals surface area contributed by atoms with Crippen LogP contribution in [-0.4, -0.2) is 29.8 Å². The summed E-state index contributed by atoms with van der Waals surface area (Å²) >= 11 is 1.76. The minimum Gasteiger partial charge on any atom is -0.356 e.